The van der Waals surface area contributed by atoms with Crippen LogP contribution in [0.3, 0.4) is 0 Å². The largest absolute Gasteiger partial charge is 0.480 e. The fourth-order valence-electron chi connectivity index (χ4n) is 0.646. The van der Waals surface area contributed by atoms with Crippen LogP contribution >= 0.6 is 12.4 Å². The maximum atomic E-state index is 12.5. The summed E-state index contributed by atoms with van der Waals surface area (Å²) in [6, 6.07) is 0. The van der Waals surface area contributed by atoms with Crippen molar-refractivity contribution in [2.24, 2.45) is 0 Å². The van der Waals surface area contributed by atoms with E-state index in [0.29, 0.717) is 0 Å². The van der Waals surface area contributed by atoms with E-state index >= 15 is 0 Å². The van der Waals surface area contributed by atoms with Gasteiger partial charge < -0.3 is 14.8 Å². The fourth-order valence-corrected chi connectivity index (χ4v) is 0.646. The molecule has 1 aromatic rings. The van der Waals surface area contributed by atoms with Crippen molar-refractivity contribution in [2.75, 3.05) is 6.61 Å². The SMILES string of the molecule is Cl.O=C(O)COCc1[nH]cnc1F. The van der Waals surface area contributed by atoms with Gasteiger partial charge in [-0.3, -0.25) is 0 Å². The number of imidazole rings is 1. The predicted molar refractivity (Wildman–Crippen MR) is 43.1 cm³/mol. The number of aromatic amines is 1. The lowest BCUT2D eigenvalue weighted by Gasteiger charge is -1.97. The number of aliphatic carboxylic acids is 1. The summed E-state index contributed by atoms with van der Waals surface area (Å²) in [5, 5.41) is 8.17. The van der Waals surface area contributed by atoms with E-state index in [0.717, 1.165) is 0 Å². The Morgan fingerprint density at radius 2 is 2.46 bits per heavy atom. The molecule has 1 aromatic heterocycles. The molecule has 7 heteroatoms. The molecule has 1 heterocycles. The summed E-state index contributed by atoms with van der Waals surface area (Å²) in [5.74, 6) is -1.75. The predicted octanol–water partition coefficient (Wildman–Crippen LogP) is 0.572. The molecule has 2 N–H and O–H groups in total. The second kappa shape index (κ2) is 5.50. The first-order valence-corrected chi connectivity index (χ1v) is 3.17. The lowest BCUT2D eigenvalue weighted by Crippen LogP contribution is -2.07. The molecule has 0 radical (unpaired) electrons. The molecule has 5 nitrogen and oxygen atoms in total. The molecule has 0 atom stereocenters. The molecule has 0 unspecified atom stereocenters. The summed E-state index contributed by atoms with van der Waals surface area (Å²) in [7, 11) is 0. The standard InChI is InChI=1S/C6H7FN2O3.ClH/c7-6-4(8-3-9-6)1-12-2-5(10)11;/h3H,1-2H2,(H,8,9)(H,10,11);1H. The Labute approximate surface area is 79.3 Å². The van der Waals surface area contributed by atoms with Crippen LogP contribution in [-0.4, -0.2) is 27.7 Å². The van der Waals surface area contributed by atoms with Gasteiger partial charge >= 0.3 is 5.97 Å². The number of nitrogens with one attached hydrogen (secondary N) is 1. The van der Waals surface area contributed by atoms with Crippen LogP contribution in [-0.2, 0) is 16.1 Å². The van der Waals surface area contributed by atoms with Crippen LogP contribution < -0.4 is 0 Å². The molecule has 0 aliphatic carbocycles. The first kappa shape index (κ1) is 11.9. The number of ether oxygens (including phenoxy) is 1. The maximum absolute atomic E-state index is 12.5. The number of nitrogens with zero attached hydrogens (tertiary/aromatic N) is 1. The smallest absolute Gasteiger partial charge is 0.329 e. The zero-order valence-corrected chi connectivity index (χ0v) is 7.31. The van der Waals surface area contributed by atoms with Gasteiger partial charge in [-0.25, -0.2) is 9.78 Å². The summed E-state index contributed by atoms with van der Waals surface area (Å²) >= 11 is 0. The lowest BCUT2D eigenvalue weighted by molar-refractivity contribution is -0.142. The van der Waals surface area contributed by atoms with E-state index in [1.165, 1.54) is 6.33 Å². The van der Waals surface area contributed by atoms with Crippen molar-refractivity contribution in [3.05, 3.63) is 18.0 Å². The third kappa shape index (κ3) is 3.86. The fraction of sp³-hybridized carbons (Fsp3) is 0.333. The molecule has 0 spiro atoms. The summed E-state index contributed by atoms with van der Waals surface area (Å²) < 4.78 is 17.1. The van der Waals surface area contributed by atoms with E-state index in [1.807, 2.05) is 0 Å². The van der Waals surface area contributed by atoms with Gasteiger partial charge in [0.15, 0.2) is 0 Å². The van der Waals surface area contributed by atoms with Crippen molar-refractivity contribution in [1.82, 2.24) is 9.97 Å². The van der Waals surface area contributed by atoms with Gasteiger partial charge in [0, 0.05) is 0 Å². The lowest BCUT2D eigenvalue weighted by atomic mass is 10.5. The topological polar surface area (TPSA) is 75.2 Å². The minimum Gasteiger partial charge on any atom is -0.480 e. The molecule has 0 saturated heterocycles. The zero-order valence-electron chi connectivity index (χ0n) is 6.49. The molecular formula is C6H8ClFN2O3. The van der Waals surface area contributed by atoms with Crippen LogP contribution in [0, 0.1) is 5.95 Å². The highest BCUT2D eigenvalue weighted by atomic mass is 35.5. The Kier molecular flexibility index (Phi) is 5.01. The highest BCUT2D eigenvalue weighted by Gasteiger charge is 2.04. The Morgan fingerprint density at radius 1 is 1.77 bits per heavy atom. The second-order valence-electron chi connectivity index (χ2n) is 2.06. The summed E-state index contributed by atoms with van der Waals surface area (Å²) in [5.41, 5.74) is 0.149. The summed E-state index contributed by atoms with van der Waals surface area (Å²) in [6.07, 6.45) is 1.18. The van der Waals surface area contributed by atoms with Crippen molar-refractivity contribution < 1.29 is 19.0 Å². The molecule has 0 aliphatic heterocycles. The molecule has 13 heavy (non-hydrogen) atoms. The van der Waals surface area contributed by atoms with Gasteiger partial charge in [-0.2, -0.15) is 4.39 Å². The average molecular weight is 211 g/mol. The molecule has 0 saturated carbocycles. The number of carboxylic acids is 1. The van der Waals surface area contributed by atoms with Gasteiger partial charge in [-0.05, 0) is 0 Å². The minimum absolute atomic E-state index is 0. The number of halogens is 2. The van der Waals surface area contributed by atoms with Crippen molar-refractivity contribution in [3.63, 3.8) is 0 Å². The Morgan fingerprint density at radius 3 is 2.92 bits per heavy atom. The number of rotatable bonds is 4. The molecule has 0 fully saturated rings. The quantitative estimate of drug-likeness (QED) is 0.762. The Hall–Kier alpha value is -1.14. The highest BCUT2D eigenvalue weighted by molar-refractivity contribution is 5.85. The van der Waals surface area contributed by atoms with E-state index in [9.17, 15) is 9.18 Å². The third-order valence-electron chi connectivity index (χ3n) is 1.14. The van der Waals surface area contributed by atoms with E-state index in [4.69, 9.17) is 5.11 Å². The van der Waals surface area contributed by atoms with Crippen molar-refractivity contribution >= 4 is 18.4 Å². The van der Waals surface area contributed by atoms with Crippen LogP contribution in [0.25, 0.3) is 0 Å². The van der Waals surface area contributed by atoms with Gasteiger partial charge in [0.1, 0.15) is 6.61 Å². The molecule has 0 aliphatic rings. The number of carboxylic acid groups (broad SMARTS) is 1. The van der Waals surface area contributed by atoms with E-state index in [-0.39, 0.29) is 24.7 Å². The van der Waals surface area contributed by atoms with Gasteiger partial charge in [0.25, 0.3) is 0 Å². The molecule has 0 bridgehead atoms. The number of aromatic nitrogens is 2. The first-order chi connectivity index (χ1) is 5.70. The molecule has 0 amide bonds. The highest BCUT2D eigenvalue weighted by Crippen LogP contribution is 2.00. The van der Waals surface area contributed by atoms with Gasteiger partial charge in [0.05, 0.1) is 18.6 Å². The third-order valence-corrected chi connectivity index (χ3v) is 1.14. The van der Waals surface area contributed by atoms with Gasteiger partial charge in [-0.1, -0.05) is 0 Å². The normalized spacial score (nSPS) is 9.31. The van der Waals surface area contributed by atoms with Crippen LogP contribution in [0.2, 0.25) is 0 Å². The van der Waals surface area contributed by atoms with Gasteiger partial charge in [-0.15, -0.1) is 12.4 Å². The monoisotopic (exact) mass is 210 g/mol. The molecule has 74 valence electrons. The number of carbonyl (C=O) groups is 1. The van der Waals surface area contributed by atoms with Crippen LogP contribution in [0.1, 0.15) is 5.69 Å². The number of H-pyrrole nitrogens is 1. The summed E-state index contributed by atoms with van der Waals surface area (Å²) in [4.78, 5) is 15.7. The van der Waals surface area contributed by atoms with Crippen molar-refractivity contribution in [2.45, 2.75) is 6.61 Å². The molecular weight excluding hydrogens is 203 g/mol. The number of hydrogen-bond acceptors (Lipinski definition) is 3. The minimum atomic E-state index is -1.09. The van der Waals surface area contributed by atoms with Crippen molar-refractivity contribution in [3.8, 4) is 0 Å². The Balaban J connectivity index is 0.00000144. The first-order valence-electron chi connectivity index (χ1n) is 3.17. The van der Waals surface area contributed by atoms with Crippen molar-refractivity contribution in [1.29, 1.82) is 0 Å². The van der Waals surface area contributed by atoms with Crippen LogP contribution in [0.5, 0.6) is 0 Å². The second-order valence-corrected chi connectivity index (χ2v) is 2.06. The van der Waals surface area contributed by atoms with Gasteiger partial charge in [0.2, 0.25) is 5.95 Å². The molecule has 0 aromatic carbocycles. The summed E-state index contributed by atoms with van der Waals surface area (Å²) in [6.45, 7) is -0.559. The average Bonchev–Trinajstić information content (AvgIpc) is 2.36. The van der Waals surface area contributed by atoms with Crippen LogP contribution in [0.4, 0.5) is 4.39 Å². The maximum Gasteiger partial charge on any atom is 0.329 e. The number of hydrogen-bond donors (Lipinski definition) is 2. The Bertz CT molecular complexity index is 279. The zero-order chi connectivity index (χ0) is 8.97. The molecule has 1 rings (SSSR count). The van der Waals surface area contributed by atoms with E-state index in [2.05, 4.69) is 14.7 Å². The van der Waals surface area contributed by atoms with Crippen LogP contribution in [0.15, 0.2) is 6.33 Å². The van der Waals surface area contributed by atoms with E-state index in [1.54, 1.807) is 0 Å². The van der Waals surface area contributed by atoms with E-state index < -0.39 is 18.5 Å².